The van der Waals surface area contributed by atoms with Crippen LogP contribution in [-0.2, 0) is 10.5 Å². The van der Waals surface area contributed by atoms with E-state index in [0.717, 1.165) is 16.0 Å². The highest BCUT2D eigenvalue weighted by Gasteiger charge is 2.34. The molecule has 0 spiro atoms. The predicted molar refractivity (Wildman–Crippen MR) is 155 cm³/mol. The Morgan fingerprint density at radius 1 is 1.11 bits per heavy atom. The number of thioether (sulfide) groups is 2. The molecular formula is C28H26ClN5O2S2. The van der Waals surface area contributed by atoms with Crippen LogP contribution in [0.15, 0.2) is 94.1 Å². The lowest BCUT2D eigenvalue weighted by molar-refractivity contribution is -0.113. The number of aromatic nitrogens is 3. The molecule has 3 aromatic carbocycles. The molecule has 0 fully saturated rings. The maximum atomic E-state index is 13.8. The summed E-state index contributed by atoms with van der Waals surface area (Å²) in [6.07, 6.45) is 2.04. The summed E-state index contributed by atoms with van der Waals surface area (Å²) in [7, 11) is 1.58. The Balaban J connectivity index is 1.49. The zero-order chi connectivity index (χ0) is 26.6. The maximum Gasteiger partial charge on any atom is 0.255 e. The average Bonchev–Trinajstić information content (AvgIpc) is 3.34. The number of ether oxygens (including phenoxy) is 1. The number of methoxy groups -OCH3 is 1. The van der Waals surface area contributed by atoms with E-state index in [-0.39, 0.29) is 5.91 Å². The molecule has 0 aliphatic carbocycles. The van der Waals surface area contributed by atoms with Gasteiger partial charge in [0.1, 0.15) is 11.8 Å². The third-order valence-electron chi connectivity index (χ3n) is 6.15. The Hall–Kier alpha value is -3.40. The molecule has 1 aliphatic heterocycles. The minimum absolute atomic E-state index is 0.241. The summed E-state index contributed by atoms with van der Waals surface area (Å²) in [5.74, 6) is 1.64. The number of rotatable bonds is 8. The number of hydrogen-bond donors (Lipinski definition) is 2. The van der Waals surface area contributed by atoms with Crippen molar-refractivity contribution in [1.82, 2.24) is 14.8 Å². The first-order chi connectivity index (χ1) is 18.5. The van der Waals surface area contributed by atoms with E-state index in [2.05, 4.69) is 22.8 Å². The fraction of sp³-hybridized carbons (Fsp3) is 0.179. The van der Waals surface area contributed by atoms with Crippen molar-refractivity contribution >= 4 is 52.7 Å². The molecule has 194 valence electrons. The summed E-state index contributed by atoms with van der Waals surface area (Å²) < 4.78 is 7.23. The molecule has 2 heterocycles. The Kier molecular flexibility index (Phi) is 7.97. The summed E-state index contributed by atoms with van der Waals surface area (Å²) >= 11 is 9.22. The second-order valence-electron chi connectivity index (χ2n) is 8.57. The van der Waals surface area contributed by atoms with Gasteiger partial charge in [0, 0.05) is 21.4 Å². The van der Waals surface area contributed by atoms with Crippen molar-refractivity contribution in [2.75, 3.05) is 24.0 Å². The van der Waals surface area contributed by atoms with Crippen LogP contribution in [0, 0.1) is 0 Å². The normalized spacial score (nSPS) is 14.6. The van der Waals surface area contributed by atoms with Crippen LogP contribution in [0.4, 0.5) is 11.6 Å². The number of hydrogen-bond acceptors (Lipinski definition) is 7. The van der Waals surface area contributed by atoms with Crippen molar-refractivity contribution in [3.63, 3.8) is 0 Å². The van der Waals surface area contributed by atoms with E-state index in [1.165, 1.54) is 11.8 Å². The average molecular weight is 564 g/mol. The number of anilines is 2. The van der Waals surface area contributed by atoms with Crippen molar-refractivity contribution in [1.29, 1.82) is 0 Å². The fourth-order valence-corrected chi connectivity index (χ4v) is 5.57. The van der Waals surface area contributed by atoms with Gasteiger partial charge in [-0.15, -0.1) is 16.9 Å². The third kappa shape index (κ3) is 5.55. The molecular weight excluding hydrogens is 538 g/mol. The molecule has 1 aromatic heterocycles. The first-order valence-electron chi connectivity index (χ1n) is 11.9. The van der Waals surface area contributed by atoms with E-state index >= 15 is 0 Å². The van der Waals surface area contributed by atoms with Crippen LogP contribution in [0.3, 0.4) is 0 Å². The molecule has 0 saturated heterocycles. The molecule has 1 amide bonds. The van der Waals surface area contributed by atoms with E-state index in [9.17, 15) is 4.79 Å². The minimum Gasteiger partial charge on any atom is -0.495 e. The van der Waals surface area contributed by atoms with Gasteiger partial charge in [0.05, 0.1) is 18.4 Å². The van der Waals surface area contributed by atoms with Crippen LogP contribution in [0.5, 0.6) is 5.75 Å². The third-order valence-corrected chi connectivity index (χ3v) is 8.05. The van der Waals surface area contributed by atoms with Crippen LogP contribution in [0.2, 0.25) is 5.02 Å². The van der Waals surface area contributed by atoms with Gasteiger partial charge in [-0.1, -0.05) is 59.8 Å². The highest BCUT2D eigenvalue weighted by molar-refractivity contribution is 7.98. The molecule has 1 atom stereocenters. The lowest BCUT2D eigenvalue weighted by Gasteiger charge is -2.29. The molecule has 38 heavy (non-hydrogen) atoms. The molecule has 0 bridgehead atoms. The van der Waals surface area contributed by atoms with Gasteiger partial charge in [-0.05, 0) is 60.7 Å². The van der Waals surface area contributed by atoms with Gasteiger partial charge in [-0.25, -0.2) is 4.68 Å². The highest BCUT2D eigenvalue weighted by atomic mass is 35.5. The SMILES string of the molecule is COc1ccccc1NC(=O)C1=C(C)Nc2nc(SCc3ccc(Cl)cc3)nn2C1c1ccc(SC)cc1. The van der Waals surface area contributed by atoms with Crippen LogP contribution >= 0.6 is 35.1 Å². The second kappa shape index (κ2) is 11.6. The van der Waals surface area contributed by atoms with Gasteiger partial charge in [-0.3, -0.25) is 4.79 Å². The van der Waals surface area contributed by atoms with Gasteiger partial charge in [0.25, 0.3) is 5.91 Å². The van der Waals surface area contributed by atoms with Gasteiger partial charge >= 0.3 is 0 Å². The van der Waals surface area contributed by atoms with Gasteiger partial charge in [0.2, 0.25) is 11.1 Å². The maximum absolute atomic E-state index is 13.8. The monoisotopic (exact) mass is 563 g/mol. The van der Waals surface area contributed by atoms with E-state index in [4.69, 9.17) is 26.4 Å². The number of para-hydroxylation sites is 2. The number of benzene rings is 3. The van der Waals surface area contributed by atoms with Crippen LogP contribution in [0.1, 0.15) is 24.1 Å². The number of nitrogens with one attached hydrogen (secondary N) is 2. The van der Waals surface area contributed by atoms with E-state index in [0.29, 0.717) is 44.6 Å². The van der Waals surface area contributed by atoms with Gasteiger partial charge in [-0.2, -0.15) is 4.98 Å². The smallest absolute Gasteiger partial charge is 0.255 e. The van der Waals surface area contributed by atoms with Crippen molar-refractivity contribution < 1.29 is 9.53 Å². The van der Waals surface area contributed by atoms with E-state index < -0.39 is 6.04 Å². The van der Waals surface area contributed by atoms with Gasteiger partial charge < -0.3 is 15.4 Å². The number of fused-ring (bicyclic) bond motifs is 1. The Bertz CT molecular complexity index is 1490. The van der Waals surface area contributed by atoms with Crippen LogP contribution < -0.4 is 15.4 Å². The molecule has 7 nitrogen and oxygen atoms in total. The van der Waals surface area contributed by atoms with Crippen molar-refractivity contribution in [3.8, 4) is 5.75 Å². The van der Waals surface area contributed by atoms with E-state index in [1.54, 1.807) is 23.6 Å². The zero-order valence-electron chi connectivity index (χ0n) is 21.1. The lowest BCUT2D eigenvalue weighted by Crippen LogP contribution is -2.31. The molecule has 4 aromatic rings. The van der Waals surface area contributed by atoms with Crippen molar-refractivity contribution in [2.24, 2.45) is 0 Å². The Morgan fingerprint density at radius 3 is 2.55 bits per heavy atom. The van der Waals surface area contributed by atoms with Crippen molar-refractivity contribution in [3.05, 3.63) is 100 Å². The fourth-order valence-electron chi connectivity index (χ4n) is 4.25. The predicted octanol–water partition coefficient (Wildman–Crippen LogP) is 6.88. The molecule has 0 radical (unpaired) electrons. The zero-order valence-corrected chi connectivity index (χ0v) is 23.5. The Labute approximate surface area is 235 Å². The molecule has 1 unspecified atom stereocenters. The quantitative estimate of drug-likeness (QED) is 0.226. The molecule has 10 heteroatoms. The van der Waals surface area contributed by atoms with Crippen molar-refractivity contribution in [2.45, 2.75) is 28.8 Å². The topological polar surface area (TPSA) is 81.1 Å². The number of amides is 1. The summed E-state index contributed by atoms with van der Waals surface area (Å²) in [4.78, 5) is 19.6. The lowest BCUT2D eigenvalue weighted by atomic mass is 9.95. The minimum atomic E-state index is -0.464. The number of carbonyl (C=O) groups is 1. The molecule has 2 N–H and O–H groups in total. The second-order valence-corrected chi connectivity index (χ2v) is 10.8. The number of halogens is 1. The molecule has 1 aliphatic rings. The largest absolute Gasteiger partial charge is 0.495 e. The number of allylic oxidation sites excluding steroid dienone is 1. The van der Waals surface area contributed by atoms with E-state index in [1.807, 2.05) is 73.8 Å². The summed E-state index contributed by atoms with van der Waals surface area (Å²) in [5, 5.41) is 12.5. The first-order valence-corrected chi connectivity index (χ1v) is 14.5. The standard InChI is InChI=1S/C28H26ClN5O2S2/c1-17-24(26(35)31-22-6-4-5-7-23(22)36-2)25(19-10-14-21(37-3)15-11-19)34-27(30-17)32-28(33-34)38-16-18-8-12-20(29)13-9-18/h4-15,25H,16H2,1-3H3,(H,31,35)(H,30,32,33). The van der Waals surface area contributed by atoms with Crippen LogP contribution in [0.25, 0.3) is 0 Å². The number of carbonyl (C=O) groups excluding carboxylic acids is 1. The molecule has 0 saturated carbocycles. The highest BCUT2D eigenvalue weighted by Crippen LogP contribution is 2.38. The number of nitrogens with zero attached hydrogens (tertiary/aromatic N) is 3. The summed E-state index contributed by atoms with van der Waals surface area (Å²) in [6.45, 7) is 1.89. The summed E-state index contributed by atoms with van der Waals surface area (Å²) in [6, 6.07) is 22.8. The first kappa shape index (κ1) is 26.2. The van der Waals surface area contributed by atoms with Crippen LogP contribution in [-0.4, -0.2) is 34.0 Å². The Morgan fingerprint density at radius 2 is 1.84 bits per heavy atom. The molecule has 5 rings (SSSR count). The summed E-state index contributed by atoms with van der Waals surface area (Å²) in [5.41, 5.74) is 3.93. The van der Waals surface area contributed by atoms with Gasteiger partial charge in [0.15, 0.2) is 0 Å².